The van der Waals surface area contributed by atoms with Crippen LogP contribution in [0.2, 0.25) is 0 Å². The molecule has 1 aliphatic heterocycles. The van der Waals surface area contributed by atoms with Crippen LogP contribution in [-0.2, 0) is 4.79 Å². The number of fused-ring (bicyclic) bond motifs is 1. The van der Waals surface area contributed by atoms with Crippen molar-refractivity contribution in [3.8, 4) is 11.5 Å². The smallest absolute Gasteiger partial charge is 0.246 e. The van der Waals surface area contributed by atoms with Crippen LogP contribution in [-0.4, -0.2) is 64.0 Å². The van der Waals surface area contributed by atoms with Crippen molar-refractivity contribution < 1.29 is 9.53 Å². The summed E-state index contributed by atoms with van der Waals surface area (Å²) in [5.41, 5.74) is 11.6. The van der Waals surface area contributed by atoms with Crippen LogP contribution in [0.5, 0.6) is 11.5 Å². The van der Waals surface area contributed by atoms with Crippen molar-refractivity contribution in [2.24, 2.45) is 5.11 Å². The number of nitrogens with zero attached hydrogens (tertiary/aromatic N) is 7. The van der Waals surface area contributed by atoms with E-state index >= 15 is 0 Å². The van der Waals surface area contributed by atoms with Crippen LogP contribution in [0.25, 0.3) is 11.0 Å². The number of allylic oxidation sites excluding steroid dienone is 1. The van der Waals surface area contributed by atoms with Crippen LogP contribution in [0.15, 0.2) is 66.2 Å². The molecule has 3 N–H and O–H groups in total. The number of benzene rings is 2. The van der Waals surface area contributed by atoms with Gasteiger partial charge in [0.1, 0.15) is 34.5 Å². The summed E-state index contributed by atoms with van der Waals surface area (Å²) >= 11 is 0. The molecule has 12 heteroatoms. The van der Waals surface area contributed by atoms with Crippen molar-refractivity contribution in [3.05, 3.63) is 66.6 Å². The number of aromatic nitrogens is 4. The van der Waals surface area contributed by atoms with E-state index in [4.69, 9.17) is 15.3 Å². The highest BCUT2D eigenvalue weighted by molar-refractivity contribution is 5.88. The first-order valence-electron chi connectivity index (χ1n) is 12.9. The lowest BCUT2D eigenvalue weighted by Gasteiger charge is -2.34. The minimum Gasteiger partial charge on any atom is -0.457 e. The van der Waals surface area contributed by atoms with Crippen LogP contribution < -0.4 is 20.3 Å². The van der Waals surface area contributed by atoms with Gasteiger partial charge < -0.3 is 25.2 Å². The van der Waals surface area contributed by atoms with Gasteiger partial charge >= 0.3 is 0 Å². The number of anilines is 4. The summed E-state index contributed by atoms with van der Waals surface area (Å²) < 4.78 is 6.07. The Morgan fingerprint density at radius 2 is 1.93 bits per heavy atom. The van der Waals surface area contributed by atoms with E-state index in [1.807, 2.05) is 49.1 Å². The fraction of sp³-hybridized carbons (Fsp3) is 0.250. The van der Waals surface area contributed by atoms with Crippen LogP contribution in [0.1, 0.15) is 12.5 Å². The van der Waals surface area contributed by atoms with Crippen LogP contribution in [0, 0.1) is 12.5 Å². The highest BCUT2D eigenvalue weighted by atomic mass is 16.5. The molecule has 0 spiro atoms. The maximum Gasteiger partial charge on any atom is 0.246 e. The van der Waals surface area contributed by atoms with E-state index in [0.29, 0.717) is 66.2 Å². The van der Waals surface area contributed by atoms with Gasteiger partial charge in [-0.25, -0.2) is 25.5 Å². The summed E-state index contributed by atoms with van der Waals surface area (Å²) in [5, 5.41) is 9.92. The molecule has 12 nitrogen and oxygen atoms in total. The predicted octanol–water partition coefficient (Wildman–Crippen LogP) is 5.19. The monoisotopic (exact) mass is 538 g/mol. The number of hydrogen-bond acceptors (Lipinski definition) is 11. The van der Waals surface area contributed by atoms with Gasteiger partial charge in [0, 0.05) is 45.0 Å². The first-order valence-corrected chi connectivity index (χ1v) is 12.9. The summed E-state index contributed by atoms with van der Waals surface area (Å²) in [4.78, 5) is 34.1. The number of amides is 1. The Morgan fingerprint density at radius 3 is 2.65 bits per heavy atom. The van der Waals surface area contributed by atoms with E-state index in [9.17, 15) is 4.79 Å². The fourth-order valence-electron chi connectivity index (χ4n) is 4.45. The minimum absolute atomic E-state index is 0.0213. The Bertz CT molecular complexity index is 1580. The Kier molecular flexibility index (Phi) is 7.76. The lowest BCUT2D eigenvalue weighted by Crippen LogP contribution is -2.48. The number of ether oxygens (including phenoxy) is 1. The molecule has 2 aromatic heterocycles. The van der Waals surface area contributed by atoms with Crippen molar-refractivity contribution in [2.75, 3.05) is 48.8 Å². The van der Waals surface area contributed by atoms with Crippen molar-refractivity contribution >= 4 is 45.8 Å². The summed E-state index contributed by atoms with van der Waals surface area (Å²) in [6.45, 7) is 6.28. The zero-order chi connectivity index (χ0) is 28.1. The average Bonchev–Trinajstić information content (AvgIpc) is 2.98. The normalized spacial score (nSPS) is 13.5. The van der Waals surface area contributed by atoms with E-state index in [2.05, 4.69) is 35.6 Å². The molecular weight excluding hydrogens is 508 g/mol. The predicted molar refractivity (Wildman–Crippen MR) is 154 cm³/mol. The Labute approximate surface area is 231 Å². The quantitative estimate of drug-likeness (QED) is 0.204. The molecular formula is C28H30N10O2. The third-order valence-electron chi connectivity index (χ3n) is 6.57. The zero-order valence-electron chi connectivity index (χ0n) is 22.5. The van der Waals surface area contributed by atoms with E-state index in [-0.39, 0.29) is 5.91 Å². The van der Waals surface area contributed by atoms with Gasteiger partial charge in [-0.1, -0.05) is 6.08 Å². The molecule has 1 aliphatic rings. The molecule has 4 aromatic rings. The number of piperazine rings is 1. The van der Waals surface area contributed by atoms with Gasteiger partial charge in [-0.3, -0.25) is 4.79 Å². The van der Waals surface area contributed by atoms with Gasteiger partial charge in [-0.2, -0.15) is 5.11 Å². The standard InChI is InChI=1S/C28H30N10O2/c1-4-5-25(39)37-10-12-38(13-11-37)28-31-16-23-26(35-28)27(33-17-32-23)34-19-6-9-24(18(2)14-19)40-20-7-8-21(30-3)22(15-20)36-29/h4-9,14-17,29-30H,10-13H2,1-3H3,(H,32,33,34)/b5-4+,36-29?. The number of carbonyl (C=O) groups is 1. The van der Waals surface area contributed by atoms with Crippen LogP contribution in [0.4, 0.5) is 28.8 Å². The summed E-state index contributed by atoms with van der Waals surface area (Å²) in [6.07, 6.45) is 6.52. The second kappa shape index (κ2) is 11.7. The molecule has 3 heterocycles. The summed E-state index contributed by atoms with van der Waals surface area (Å²) in [7, 11) is 1.78. The molecule has 0 unspecified atom stereocenters. The molecule has 0 bridgehead atoms. The van der Waals surface area contributed by atoms with E-state index in [1.54, 1.807) is 31.5 Å². The second-order valence-corrected chi connectivity index (χ2v) is 9.19. The SMILES string of the molecule is C/C=C/C(=O)N1CCN(c2ncc3ncnc(Nc4ccc(Oc5ccc(NC)c(N=N)c5)c(C)c4)c3n2)CC1. The lowest BCUT2D eigenvalue weighted by molar-refractivity contribution is -0.126. The summed E-state index contributed by atoms with van der Waals surface area (Å²) in [5.74, 6) is 2.43. The topological polar surface area (TPSA) is 145 Å². The van der Waals surface area contributed by atoms with Crippen LogP contribution >= 0.6 is 0 Å². The highest BCUT2D eigenvalue weighted by Gasteiger charge is 2.22. The van der Waals surface area contributed by atoms with Crippen molar-refractivity contribution in [2.45, 2.75) is 13.8 Å². The average molecular weight is 539 g/mol. The molecule has 0 aliphatic carbocycles. The maximum absolute atomic E-state index is 12.2. The highest BCUT2D eigenvalue weighted by Crippen LogP contribution is 2.34. The number of hydrogen-bond donors (Lipinski definition) is 3. The molecule has 0 atom stereocenters. The Morgan fingerprint density at radius 1 is 1.10 bits per heavy atom. The van der Waals surface area contributed by atoms with Crippen molar-refractivity contribution in [1.29, 1.82) is 5.53 Å². The Balaban J connectivity index is 1.33. The number of aryl methyl sites for hydroxylation is 1. The molecule has 40 heavy (non-hydrogen) atoms. The fourth-order valence-corrected chi connectivity index (χ4v) is 4.45. The van der Waals surface area contributed by atoms with Gasteiger partial charge in [0.05, 0.1) is 11.9 Å². The first kappa shape index (κ1) is 26.5. The second-order valence-electron chi connectivity index (χ2n) is 9.19. The van der Waals surface area contributed by atoms with Gasteiger partial charge in [0.15, 0.2) is 5.82 Å². The molecule has 2 aromatic carbocycles. The van der Waals surface area contributed by atoms with Crippen molar-refractivity contribution in [1.82, 2.24) is 24.8 Å². The molecule has 0 radical (unpaired) electrons. The largest absolute Gasteiger partial charge is 0.457 e. The van der Waals surface area contributed by atoms with Gasteiger partial charge in [0.2, 0.25) is 11.9 Å². The van der Waals surface area contributed by atoms with E-state index in [0.717, 1.165) is 16.9 Å². The summed E-state index contributed by atoms with van der Waals surface area (Å²) in [6, 6.07) is 11.1. The van der Waals surface area contributed by atoms with Gasteiger partial charge in [-0.15, -0.1) is 0 Å². The number of nitrogens with one attached hydrogen (secondary N) is 3. The van der Waals surface area contributed by atoms with E-state index in [1.165, 1.54) is 6.33 Å². The van der Waals surface area contributed by atoms with E-state index < -0.39 is 0 Å². The molecule has 0 saturated carbocycles. The molecule has 1 fully saturated rings. The third kappa shape index (κ3) is 5.65. The van der Waals surface area contributed by atoms with Gasteiger partial charge in [-0.05, 0) is 55.8 Å². The molecule has 5 rings (SSSR count). The maximum atomic E-state index is 12.2. The molecule has 1 saturated heterocycles. The number of carbonyl (C=O) groups excluding carboxylic acids is 1. The molecule has 204 valence electrons. The van der Waals surface area contributed by atoms with Gasteiger partial charge in [0.25, 0.3) is 0 Å². The third-order valence-corrected chi connectivity index (χ3v) is 6.57. The Hall–Kier alpha value is -5.13. The van der Waals surface area contributed by atoms with Crippen molar-refractivity contribution in [3.63, 3.8) is 0 Å². The lowest BCUT2D eigenvalue weighted by atomic mass is 10.2. The van der Waals surface area contributed by atoms with Crippen LogP contribution in [0.3, 0.4) is 0 Å². The first-order chi connectivity index (χ1) is 19.5. The minimum atomic E-state index is 0.0213. The number of rotatable bonds is 8. The zero-order valence-corrected chi connectivity index (χ0v) is 22.5. The molecule has 1 amide bonds.